The first kappa shape index (κ1) is 9.77. The minimum atomic E-state index is -0.951. The van der Waals surface area contributed by atoms with Gasteiger partial charge in [0.1, 0.15) is 5.82 Å². The third-order valence-corrected chi connectivity index (χ3v) is 2.11. The predicted octanol–water partition coefficient (Wildman–Crippen LogP) is 1.55. The van der Waals surface area contributed by atoms with E-state index >= 15 is 0 Å². The molecular weight excluding hydrogens is 168 g/mol. The van der Waals surface area contributed by atoms with Crippen LogP contribution >= 0.6 is 0 Å². The van der Waals surface area contributed by atoms with E-state index in [1.54, 1.807) is 6.92 Å². The number of aromatic carboxylic acids is 1. The molecule has 1 rings (SSSR count). The summed E-state index contributed by atoms with van der Waals surface area (Å²) in [6.07, 6.45) is 0. The van der Waals surface area contributed by atoms with Crippen LogP contribution in [-0.2, 0) is 7.05 Å². The Kier molecular flexibility index (Phi) is 2.40. The van der Waals surface area contributed by atoms with Crippen LogP contribution in [-0.4, -0.2) is 20.6 Å². The molecule has 0 amide bonds. The van der Waals surface area contributed by atoms with Crippen molar-refractivity contribution in [1.82, 2.24) is 9.55 Å². The minimum absolute atomic E-state index is 0.176. The lowest BCUT2D eigenvalue weighted by atomic mass is 10.1. The van der Waals surface area contributed by atoms with E-state index in [2.05, 4.69) is 4.98 Å². The molecule has 0 radical (unpaired) electrons. The fraction of sp³-hybridized carbons (Fsp3) is 0.556. The minimum Gasteiger partial charge on any atom is -0.476 e. The predicted molar refractivity (Wildman–Crippen MR) is 49.0 cm³/mol. The van der Waals surface area contributed by atoms with Crippen molar-refractivity contribution in [2.24, 2.45) is 7.05 Å². The second kappa shape index (κ2) is 3.20. The van der Waals surface area contributed by atoms with Crippen molar-refractivity contribution in [2.75, 3.05) is 0 Å². The average molecular weight is 182 g/mol. The number of hydrogen-bond donors (Lipinski definition) is 1. The molecule has 1 N–H and O–H groups in total. The lowest BCUT2D eigenvalue weighted by molar-refractivity contribution is 0.0689. The van der Waals surface area contributed by atoms with E-state index in [4.69, 9.17) is 5.11 Å². The summed E-state index contributed by atoms with van der Waals surface area (Å²) in [6, 6.07) is 0. The normalized spacial score (nSPS) is 10.8. The van der Waals surface area contributed by atoms with Crippen molar-refractivity contribution < 1.29 is 9.90 Å². The van der Waals surface area contributed by atoms with E-state index < -0.39 is 5.97 Å². The zero-order valence-electron chi connectivity index (χ0n) is 8.33. The zero-order valence-corrected chi connectivity index (χ0v) is 8.33. The fourth-order valence-electron chi connectivity index (χ4n) is 1.45. The summed E-state index contributed by atoms with van der Waals surface area (Å²) in [5.41, 5.74) is 0.958. The van der Waals surface area contributed by atoms with E-state index in [-0.39, 0.29) is 11.6 Å². The van der Waals surface area contributed by atoms with Gasteiger partial charge in [-0.3, -0.25) is 0 Å². The van der Waals surface area contributed by atoms with Crippen molar-refractivity contribution in [1.29, 1.82) is 0 Å². The fourth-order valence-corrected chi connectivity index (χ4v) is 1.45. The number of carbonyl (C=O) groups is 1. The zero-order chi connectivity index (χ0) is 10.2. The summed E-state index contributed by atoms with van der Waals surface area (Å²) in [4.78, 5) is 14.8. The monoisotopic (exact) mass is 182 g/mol. The maximum Gasteiger partial charge on any atom is 0.356 e. The topological polar surface area (TPSA) is 55.1 Å². The number of rotatable bonds is 2. The van der Waals surface area contributed by atoms with Crippen LogP contribution in [0.1, 0.15) is 41.8 Å². The summed E-state index contributed by atoms with van der Waals surface area (Å²) >= 11 is 0. The molecule has 4 heteroatoms. The van der Waals surface area contributed by atoms with Gasteiger partial charge in [-0.25, -0.2) is 9.78 Å². The average Bonchev–Trinajstić information content (AvgIpc) is 2.28. The number of carboxylic acids is 1. The van der Waals surface area contributed by atoms with Crippen LogP contribution in [0.2, 0.25) is 0 Å². The maximum atomic E-state index is 10.8. The highest BCUT2D eigenvalue weighted by molar-refractivity contribution is 5.87. The molecule has 0 saturated heterocycles. The number of imidazole rings is 1. The summed E-state index contributed by atoms with van der Waals surface area (Å²) in [5.74, 6) is -0.0363. The van der Waals surface area contributed by atoms with Crippen molar-refractivity contribution >= 4 is 5.97 Å². The van der Waals surface area contributed by atoms with E-state index in [0.717, 1.165) is 11.5 Å². The summed E-state index contributed by atoms with van der Waals surface area (Å²) in [5, 5.41) is 8.88. The second-order valence-electron chi connectivity index (χ2n) is 3.41. The molecule has 0 aliphatic carbocycles. The van der Waals surface area contributed by atoms with Gasteiger partial charge in [0.25, 0.3) is 0 Å². The molecule has 0 unspecified atom stereocenters. The summed E-state index contributed by atoms with van der Waals surface area (Å²) in [7, 11) is 1.84. The van der Waals surface area contributed by atoms with Crippen LogP contribution in [0.5, 0.6) is 0 Å². The van der Waals surface area contributed by atoms with Crippen LogP contribution in [0.25, 0.3) is 0 Å². The third kappa shape index (κ3) is 1.56. The highest BCUT2D eigenvalue weighted by atomic mass is 16.4. The summed E-state index contributed by atoms with van der Waals surface area (Å²) < 4.78 is 1.83. The standard InChI is InChI=1S/C9H14N2O2/c1-5(2)8-7(9(12)13)10-6(3)11(8)4/h5H,1-4H3,(H,12,13). The van der Waals surface area contributed by atoms with Crippen LogP contribution in [0, 0.1) is 6.92 Å². The summed E-state index contributed by atoms with van der Waals surface area (Å²) in [6.45, 7) is 5.73. The molecule has 4 nitrogen and oxygen atoms in total. The Labute approximate surface area is 77.2 Å². The Morgan fingerprint density at radius 3 is 2.38 bits per heavy atom. The second-order valence-corrected chi connectivity index (χ2v) is 3.41. The van der Waals surface area contributed by atoms with Gasteiger partial charge in [-0.2, -0.15) is 0 Å². The van der Waals surface area contributed by atoms with Crippen molar-refractivity contribution in [3.05, 3.63) is 17.2 Å². The number of aromatic nitrogens is 2. The van der Waals surface area contributed by atoms with E-state index in [9.17, 15) is 4.79 Å². The molecule has 13 heavy (non-hydrogen) atoms. The maximum absolute atomic E-state index is 10.8. The number of hydrogen-bond acceptors (Lipinski definition) is 2. The van der Waals surface area contributed by atoms with Gasteiger partial charge in [0.15, 0.2) is 5.69 Å². The Bertz CT molecular complexity index is 340. The molecule has 0 fully saturated rings. The van der Waals surface area contributed by atoms with Gasteiger partial charge in [0.05, 0.1) is 5.69 Å². The van der Waals surface area contributed by atoms with Crippen LogP contribution in [0.3, 0.4) is 0 Å². The largest absolute Gasteiger partial charge is 0.476 e. The molecule has 0 atom stereocenters. The Balaban J connectivity index is 3.35. The highest BCUT2D eigenvalue weighted by Crippen LogP contribution is 2.19. The van der Waals surface area contributed by atoms with Gasteiger partial charge in [-0.15, -0.1) is 0 Å². The molecule has 0 saturated carbocycles. The molecule has 0 bridgehead atoms. The van der Waals surface area contributed by atoms with Gasteiger partial charge in [0.2, 0.25) is 0 Å². The van der Waals surface area contributed by atoms with E-state index in [1.165, 1.54) is 0 Å². The first-order chi connectivity index (χ1) is 5.95. The molecule has 72 valence electrons. The van der Waals surface area contributed by atoms with Crippen molar-refractivity contribution in [3.8, 4) is 0 Å². The van der Waals surface area contributed by atoms with Crippen molar-refractivity contribution in [2.45, 2.75) is 26.7 Å². The van der Waals surface area contributed by atoms with Gasteiger partial charge in [-0.1, -0.05) is 13.8 Å². The lowest BCUT2D eigenvalue weighted by Gasteiger charge is -2.07. The Hall–Kier alpha value is -1.32. The molecule has 1 aromatic heterocycles. The van der Waals surface area contributed by atoms with Gasteiger partial charge in [-0.05, 0) is 12.8 Å². The smallest absolute Gasteiger partial charge is 0.356 e. The Morgan fingerprint density at radius 2 is 2.08 bits per heavy atom. The van der Waals surface area contributed by atoms with Crippen molar-refractivity contribution in [3.63, 3.8) is 0 Å². The van der Waals surface area contributed by atoms with E-state index in [1.807, 2.05) is 25.5 Å². The molecule has 1 aromatic rings. The van der Waals surface area contributed by atoms with E-state index in [0.29, 0.717) is 0 Å². The molecule has 0 spiro atoms. The van der Waals surface area contributed by atoms with Crippen LogP contribution in [0.4, 0.5) is 0 Å². The Morgan fingerprint density at radius 1 is 1.54 bits per heavy atom. The third-order valence-electron chi connectivity index (χ3n) is 2.11. The molecule has 0 aliphatic rings. The number of carboxylic acid groups (broad SMARTS) is 1. The number of nitrogens with zero attached hydrogens (tertiary/aromatic N) is 2. The quantitative estimate of drug-likeness (QED) is 0.755. The van der Waals surface area contributed by atoms with Crippen LogP contribution in [0.15, 0.2) is 0 Å². The molecule has 1 heterocycles. The molecule has 0 aromatic carbocycles. The lowest BCUT2D eigenvalue weighted by Crippen LogP contribution is -2.06. The first-order valence-electron chi connectivity index (χ1n) is 4.21. The van der Waals surface area contributed by atoms with Crippen LogP contribution < -0.4 is 0 Å². The van der Waals surface area contributed by atoms with Gasteiger partial charge in [0, 0.05) is 7.05 Å². The first-order valence-corrected chi connectivity index (χ1v) is 4.21. The van der Waals surface area contributed by atoms with Gasteiger partial charge < -0.3 is 9.67 Å². The number of aryl methyl sites for hydroxylation is 1. The molecular formula is C9H14N2O2. The molecule has 0 aliphatic heterocycles. The highest BCUT2D eigenvalue weighted by Gasteiger charge is 2.19. The van der Waals surface area contributed by atoms with Gasteiger partial charge >= 0.3 is 5.97 Å². The SMILES string of the molecule is Cc1nc(C(=O)O)c(C(C)C)n1C.